The number of imide groups is 1. The first-order valence-corrected chi connectivity index (χ1v) is 8.41. The molecular weight excluding hydrogens is 306 g/mol. The summed E-state index contributed by atoms with van der Waals surface area (Å²) in [6, 6.07) is 7.30. The molecule has 0 saturated carbocycles. The number of anilines is 1. The highest BCUT2D eigenvalue weighted by molar-refractivity contribution is 6.10. The van der Waals surface area contributed by atoms with E-state index in [1.54, 1.807) is 11.8 Å². The van der Waals surface area contributed by atoms with E-state index in [1.165, 1.54) is 0 Å². The van der Waals surface area contributed by atoms with Crippen LogP contribution in [0.5, 0.6) is 0 Å². The van der Waals surface area contributed by atoms with E-state index < -0.39 is 11.6 Å². The maximum absolute atomic E-state index is 12.8. The molecule has 128 valence electrons. The van der Waals surface area contributed by atoms with Crippen LogP contribution in [0.4, 0.5) is 10.5 Å². The highest BCUT2D eigenvalue weighted by atomic mass is 16.2. The van der Waals surface area contributed by atoms with Crippen LogP contribution in [-0.4, -0.2) is 40.9 Å². The molecule has 4 amide bonds. The minimum absolute atomic E-state index is 0.0256. The first-order chi connectivity index (χ1) is 11.4. The van der Waals surface area contributed by atoms with E-state index in [0.29, 0.717) is 6.42 Å². The molecule has 2 aliphatic heterocycles. The maximum atomic E-state index is 12.8. The number of nitrogens with one attached hydrogen (secondary N) is 1. The number of urea groups is 1. The predicted molar refractivity (Wildman–Crippen MR) is 90.7 cm³/mol. The molecule has 3 rings (SSSR count). The summed E-state index contributed by atoms with van der Waals surface area (Å²) in [5.74, 6) is -0.542. The molecule has 0 bridgehead atoms. The van der Waals surface area contributed by atoms with Gasteiger partial charge in [-0.3, -0.25) is 14.5 Å². The highest BCUT2D eigenvalue weighted by Gasteiger charge is 2.48. The van der Waals surface area contributed by atoms with Crippen molar-refractivity contribution in [1.82, 2.24) is 10.2 Å². The number of hydrogen-bond acceptors (Lipinski definition) is 3. The van der Waals surface area contributed by atoms with Gasteiger partial charge in [0.05, 0.1) is 0 Å². The van der Waals surface area contributed by atoms with Crippen LogP contribution in [-0.2, 0) is 16.0 Å². The van der Waals surface area contributed by atoms with Gasteiger partial charge in [0.2, 0.25) is 5.91 Å². The molecule has 1 N–H and O–H groups in total. The van der Waals surface area contributed by atoms with E-state index in [4.69, 9.17) is 0 Å². The number of carbonyl (C=O) groups excluding carboxylic acids is 3. The quantitative estimate of drug-likeness (QED) is 0.860. The molecule has 6 nitrogen and oxygen atoms in total. The SMILES string of the molecule is CCC[C@]1(C)NC(=O)N(CC(=O)N2c3ccccc3C[C@H]2C)C1=O. The molecule has 1 saturated heterocycles. The second-order valence-corrected chi connectivity index (χ2v) is 6.85. The minimum Gasteiger partial charge on any atom is -0.323 e. The van der Waals surface area contributed by atoms with Gasteiger partial charge in [0.1, 0.15) is 12.1 Å². The number of para-hydroxylation sites is 1. The molecule has 2 aliphatic rings. The Labute approximate surface area is 141 Å². The Morgan fingerprint density at radius 1 is 1.33 bits per heavy atom. The van der Waals surface area contributed by atoms with E-state index >= 15 is 0 Å². The van der Waals surface area contributed by atoms with Crippen LogP contribution in [0.3, 0.4) is 0 Å². The average molecular weight is 329 g/mol. The Hall–Kier alpha value is -2.37. The van der Waals surface area contributed by atoms with Crippen LogP contribution < -0.4 is 10.2 Å². The van der Waals surface area contributed by atoms with Crippen molar-refractivity contribution in [3.05, 3.63) is 29.8 Å². The second kappa shape index (κ2) is 5.92. The number of hydrogen-bond donors (Lipinski definition) is 1. The molecule has 6 heteroatoms. The zero-order chi connectivity index (χ0) is 17.5. The van der Waals surface area contributed by atoms with Gasteiger partial charge in [0.15, 0.2) is 0 Å². The van der Waals surface area contributed by atoms with Crippen molar-refractivity contribution >= 4 is 23.5 Å². The van der Waals surface area contributed by atoms with Gasteiger partial charge in [-0.15, -0.1) is 0 Å². The fourth-order valence-electron chi connectivity index (χ4n) is 3.72. The van der Waals surface area contributed by atoms with Crippen molar-refractivity contribution in [2.75, 3.05) is 11.4 Å². The monoisotopic (exact) mass is 329 g/mol. The Kier molecular flexibility index (Phi) is 4.07. The molecule has 24 heavy (non-hydrogen) atoms. The average Bonchev–Trinajstić information content (AvgIpc) is 2.96. The fraction of sp³-hybridized carbons (Fsp3) is 0.500. The topological polar surface area (TPSA) is 69.7 Å². The van der Waals surface area contributed by atoms with E-state index in [2.05, 4.69) is 5.32 Å². The lowest BCUT2D eigenvalue weighted by Gasteiger charge is -2.25. The smallest absolute Gasteiger partial charge is 0.323 e. The Bertz CT molecular complexity index is 703. The lowest BCUT2D eigenvalue weighted by Crippen LogP contribution is -2.47. The van der Waals surface area contributed by atoms with Crippen molar-refractivity contribution in [3.8, 4) is 0 Å². The van der Waals surface area contributed by atoms with Crippen LogP contribution >= 0.6 is 0 Å². The molecular formula is C18H23N3O3. The van der Waals surface area contributed by atoms with E-state index in [0.717, 1.165) is 29.0 Å². The Morgan fingerprint density at radius 2 is 2.04 bits per heavy atom. The van der Waals surface area contributed by atoms with Crippen molar-refractivity contribution in [2.45, 2.75) is 51.6 Å². The number of fused-ring (bicyclic) bond motifs is 1. The number of carbonyl (C=O) groups is 3. The van der Waals surface area contributed by atoms with Gasteiger partial charge in [-0.2, -0.15) is 0 Å². The molecule has 0 aliphatic carbocycles. The first kappa shape index (κ1) is 16.5. The third-order valence-electron chi connectivity index (χ3n) is 4.86. The largest absolute Gasteiger partial charge is 0.325 e. The van der Waals surface area contributed by atoms with Gasteiger partial charge >= 0.3 is 6.03 Å². The molecule has 2 atom stereocenters. The maximum Gasteiger partial charge on any atom is 0.325 e. The molecule has 0 radical (unpaired) electrons. The summed E-state index contributed by atoms with van der Waals surface area (Å²) in [7, 11) is 0. The first-order valence-electron chi connectivity index (χ1n) is 8.41. The Balaban J connectivity index is 1.78. The summed E-state index contributed by atoms with van der Waals surface area (Å²) in [6.07, 6.45) is 2.13. The predicted octanol–water partition coefficient (Wildman–Crippen LogP) is 2.07. The summed E-state index contributed by atoms with van der Waals surface area (Å²) in [5, 5.41) is 2.72. The third-order valence-corrected chi connectivity index (χ3v) is 4.86. The number of benzene rings is 1. The van der Waals surface area contributed by atoms with Gasteiger partial charge < -0.3 is 10.2 Å². The zero-order valence-corrected chi connectivity index (χ0v) is 14.3. The van der Waals surface area contributed by atoms with Crippen molar-refractivity contribution in [1.29, 1.82) is 0 Å². The standard InChI is InChI=1S/C18H23N3O3/c1-4-9-18(3)16(23)20(17(24)19-18)11-15(22)21-12(2)10-13-7-5-6-8-14(13)21/h5-8,12H,4,9-11H2,1-3H3,(H,19,24)/t12-,18+/m1/s1. The molecule has 1 fully saturated rings. The van der Waals surface area contributed by atoms with Crippen molar-refractivity contribution in [3.63, 3.8) is 0 Å². The highest BCUT2D eigenvalue weighted by Crippen LogP contribution is 2.32. The van der Waals surface area contributed by atoms with Gasteiger partial charge in [0, 0.05) is 11.7 Å². The lowest BCUT2D eigenvalue weighted by atomic mass is 9.96. The normalized spacial score (nSPS) is 25.9. The summed E-state index contributed by atoms with van der Waals surface area (Å²) < 4.78 is 0. The van der Waals surface area contributed by atoms with Crippen LogP contribution in [0.25, 0.3) is 0 Å². The zero-order valence-electron chi connectivity index (χ0n) is 14.3. The molecule has 2 heterocycles. The fourth-order valence-corrected chi connectivity index (χ4v) is 3.72. The van der Waals surface area contributed by atoms with Crippen molar-refractivity contribution in [2.24, 2.45) is 0 Å². The van der Waals surface area contributed by atoms with Crippen molar-refractivity contribution < 1.29 is 14.4 Å². The minimum atomic E-state index is -0.902. The molecule has 0 unspecified atom stereocenters. The summed E-state index contributed by atoms with van der Waals surface area (Å²) in [5.41, 5.74) is 1.09. The summed E-state index contributed by atoms with van der Waals surface area (Å²) >= 11 is 0. The molecule has 0 spiro atoms. The summed E-state index contributed by atoms with van der Waals surface area (Å²) in [6.45, 7) is 5.43. The van der Waals surface area contributed by atoms with Crippen LogP contribution in [0.15, 0.2) is 24.3 Å². The molecule has 1 aromatic rings. The van der Waals surface area contributed by atoms with E-state index in [1.807, 2.05) is 38.1 Å². The molecule has 1 aromatic carbocycles. The number of rotatable bonds is 4. The van der Waals surface area contributed by atoms with Crippen LogP contribution in [0, 0.1) is 0 Å². The third kappa shape index (κ3) is 2.56. The van der Waals surface area contributed by atoms with Gasteiger partial charge in [-0.1, -0.05) is 31.5 Å². The van der Waals surface area contributed by atoms with Crippen LogP contribution in [0.1, 0.15) is 39.2 Å². The van der Waals surface area contributed by atoms with E-state index in [-0.39, 0.29) is 24.4 Å². The van der Waals surface area contributed by atoms with Crippen LogP contribution in [0.2, 0.25) is 0 Å². The van der Waals surface area contributed by atoms with Gasteiger partial charge in [-0.25, -0.2) is 4.79 Å². The summed E-state index contributed by atoms with van der Waals surface area (Å²) in [4.78, 5) is 40.3. The van der Waals surface area contributed by atoms with E-state index in [9.17, 15) is 14.4 Å². The number of amides is 4. The molecule has 0 aromatic heterocycles. The number of nitrogens with zero attached hydrogens (tertiary/aromatic N) is 2. The lowest BCUT2D eigenvalue weighted by molar-refractivity contribution is -0.134. The second-order valence-electron chi connectivity index (χ2n) is 6.85. The van der Waals surface area contributed by atoms with Gasteiger partial charge in [-0.05, 0) is 38.3 Å². The Morgan fingerprint density at radius 3 is 2.75 bits per heavy atom. The van der Waals surface area contributed by atoms with Gasteiger partial charge in [0.25, 0.3) is 5.91 Å².